The molecule has 0 radical (unpaired) electrons. The number of para-hydroxylation sites is 1. The molecule has 0 amide bonds. The van der Waals surface area contributed by atoms with E-state index in [9.17, 15) is 13.5 Å². The number of aromatic hydroxyl groups is 1. The molecule has 0 aliphatic heterocycles. The highest BCUT2D eigenvalue weighted by molar-refractivity contribution is 9.10. The van der Waals surface area contributed by atoms with E-state index in [4.69, 9.17) is 0 Å². The van der Waals surface area contributed by atoms with Gasteiger partial charge in [-0.15, -0.1) is 0 Å². The highest BCUT2D eigenvalue weighted by Crippen LogP contribution is 2.17. The molecule has 2 N–H and O–H groups in total. The second-order valence-electron chi connectivity index (χ2n) is 4.23. The normalized spacial score (nSPS) is 11.4. The largest absolute Gasteiger partial charge is 0.508 e. The fraction of sp³-hybridized carbons (Fsp3) is 0.143. The maximum Gasteiger partial charge on any atom is 0.240 e. The topological polar surface area (TPSA) is 66.4 Å². The van der Waals surface area contributed by atoms with Crippen molar-refractivity contribution in [2.45, 2.75) is 11.3 Å². The van der Waals surface area contributed by atoms with Gasteiger partial charge in [-0.25, -0.2) is 13.1 Å². The van der Waals surface area contributed by atoms with Gasteiger partial charge >= 0.3 is 0 Å². The van der Waals surface area contributed by atoms with E-state index in [1.165, 1.54) is 12.1 Å². The van der Waals surface area contributed by atoms with E-state index in [1.807, 2.05) is 0 Å². The number of hydrogen-bond donors (Lipinski definition) is 2. The Morgan fingerprint density at radius 3 is 2.35 bits per heavy atom. The van der Waals surface area contributed by atoms with Crippen molar-refractivity contribution < 1.29 is 13.5 Å². The first-order valence-corrected chi connectivity index (χ1v) is 8.29. The van der Waals surface area contributed by atoms with Crippen molar-refractivity contribution in [2.75, 3.05) is 6.54 Å². The minimum Gasteiger partial charge on any atom is -0.508 e. The Balaban J connectivity index is 2.00. The van der Waals surface area contributed by atoms with Crippen LogP contribution in [0, 0.1) is 0 Å². The quantitative estimate of drug-likeness (QED) is 0.866. The fourth-order valence-electron chi connectivity index (χ4n) is 1.74. The van der Waals surface area contributed by atoms with Gasteiger partial charge in [0, 0.05) is 11.0 Å². The zero-order valence-corrected chi connectivity index (χ0v) is 13.0. The third kappa shape index (κ3) is 3.82. The lowest BCUT2D eigenvalue weighted by Crippen LogP contribution is -2.25. The first-order valence-electron chi connectivity index (χ1n) is 6.01. The van der Waals surface area contributed by atoms with Gasteiger partial charge in [0.1, 0.15) is 5.75 Å². The van der Waals surface area contributed by atoms with Gasteiger partial charge in [-0.3, -0.25) is 0 Å². The minimum atomic E-state index is -3.51. The summed E-state index contributed by atoms with van der Waals surface area (Å²) in [6.45, 7) is 0.232. The summed E-state index contributed by atoms with van der Waals surface area (Å²) in [5.41, 5.74) is 0.714. The molecule has 0 aliphatic carbocycles. The second kappa shape index (κ2) is 6.39. The molecule has 2 rings (SSSR count). The standard InChI is InChI=1S/C14H14BrNO3S/c15-12-5-7-13(8-6-12)20(18,19)16-10-9-11-3-1-2-4-14(11)17/h1-8,16-17H,9-10H2. The molecule has 0 unspecified atom stereocenters. The molecule has 0 saturated heterocycles. The number of nitrogens with one attached hydrogen (secondary N) is 1. The van der Waals surface area contributed by atoms with Gasteiger partial charge in [-0.1, -0.05) is 34.1 Å². The van der Waals surface area contributed by atoms with Crippen molar-refractivity contribution in [3.63, 3.8) is 0 Å². The first kappa shape index (κ1) is 15.0. The van der Waals surface area contributed by atoms with E-state index in [0.717, 1.165) is 4.47 Å². The van der Waals surface area contributed by atoms with E-state index in [0.29, 0.717) is 12.0 Å². The third-order valence-corrected chi connectivity index (χ3v) is 4.81. The van der Waals surface area contributed by atoms with Crippen molar-refractivity contribution in [1.29, 1.82) is 0 Å². The van der Waals surface area contributed by atoms with E-state index >= 15 is 0 Å². The maximum absolute atomic E-state index is 12.0. The third-order valence-electron chi connectivity index (χ3n) is 2.80. The van der Waals surface area contributed by atoms with Crippen LogP contribution in [0.15, 0.2) is 57.9 Å². The molecule has 2 aromatic carbocycles. The molecule has 0 aromatic heterocycles. The number of phenols is 1. The first-order chi connectivity index (χ1) is 9.49. The SMILES string of the molecule is O=S(=O)(NCCc1ccccc1O)c1ccc(Br)cc1. The van der Waals surface area contributed by atoms with Gasteiger partial charge in [0.05, 0.1) is 4.90 Å². The molecule has 0 heterocycles. The molecular weight excluding hydrogens is 342 g/mol. The van der Waals surface area contributed by atoms with Crippen LogP contribution in [0.4, 0.5) is 0 Å². The number of halogens is 1. The summed E-state index contributed by atoms with van der Waals surface area (Å²) in [6.07, 6.45) is 0.433. The van der Waals surface area contributed by atoms with E-state index in [-0.39, 0.29) is 17.2 Å². The van der Waals surface area contributed by atoms with E-state index in [2.05, 4.69) is 20.7 Å². The molecule has 0 spiro atoms. The predicted octanol–water partition coefficient (Wildman–Crippen LogP) is 2.68. The average molecular weight is 356 g/mol. The van der Waals surface area contributed by atoms with Crippen LogP contribution in [0.1, 0.15) is 5.56 Å². The van der Waals surface area contributed by atoms with Gasteiger partial charge in [0.15, 0.2) is 0 Å². The Labute approximate surface area is 126 Å². The van der Waals surface area contributed by atoms with Crippen molar-refractivity contribution >= 4 is 26.0 Å². The maximum atomic E-state index is 12.0. The molecule has 0 atom stereocenters. The molecule has 106 valence electrons. The smallest absolute Gasteiger partial charge is 0.240 e. The number of benzene rings is 2. The van der Waals surface area contributed by atoms with Crippen LogP contribution in [0.5, 0.6) is 5.75 Å². The summed E-state index contributed by atoms with van der Waals surface area (Å²) in [4.78, 5) is 0.220. The van der Waals surface area contributed by atoms with Crippen molar-refractivity contribution in [2.24, 2.45) is 0 Å². The van der Waals surface area contributed by atoms with Crippen molar-refractivity contribution in [1.82, 2.24) is 4.72 Å². The summed E-state index contributed by atoms with van der Waals surface area (Å²) in [7, 11) is -3.51. The van der Waals surface area contributed by atoms with E-state index < -0.39 is 10.0 Å². The zero-order valence-electron chi connectivity index (χ0n) is 10.6. The van der Waals surface area contributed by atoms with Crippen LogP contribution in [-0.4, -0.2) is 20.1 Å². The number of sulfonamides is 1. The summed E-state index contributed by atoms with van der Waals surface area (Å²) < 4.78 is 27.4. The summed E-state index contributed by atoms with van der Waals surface area (Å²) in [5, 5.41) is 9.61. The fourth-order valence-corrected chi connectivity index (χ4v) is 3.04. The molecule has 0 fully saturated rings. The van der Waals surface area contributed by atoms with Gasteiger partial charge < -0.3 is 5.11 Å². The lowest BCUT2D eigenvalue weighted by atomic mass is 10.1. The summed E-state index contributed by atoms with van der Waals surface area (Å²) in [5.74, 6) is 0.176. The van der Waals surface area contributed by atoms with Crippen LogP contribution in [0.25, 0.3) is 0 Å². The van der Waals surface area contributed by atoms with E-state index in [1.54, 1.807) is 36.4 Å². The van der Waals surface area contributed by atoms with Crippen LogP contribution >= 0.6 is 15.9 Å². The number of hydrogen-bond acceptors (Lipinski definition) is 3. The van der Waals surface area contributed by atoms with Crippen LogP contribution < -0.4 is 4.72 Å². The minimum absolute atomic E-state index is 0.176. The predicted molar refractivity (Wildman–Crippen MR) is 81.1 cm³/mol. The molecular formula is C14H14BrNO3S. The molecule has 0 aliphatic rings. The van der Waals surface area contributed by atoms with Crippen LogP contribution in [-0.2, 0) is 16.4 Å². The lowest BCUT2D eigenvalue weighted by Gasteiger charge is -2.08. The molecule has 4 nitrogen and oxygen atoms in total. The number of phenolic OH excluding ortho intramolecular Hbond substituents is 1. The van der Waals surface area contributed by atoms with Crippen molar-refractivity contribution in [3.8, 4) is 5.75 Å². The second-order valence-corrected chi connectivity index (χ2v) is 6.91. The Morgan fingerprint density at radius 1 is 1.05 bits per heavy atom. The zero-order chi connectivity index (χ0) is 14.6. The molecule has 2 aromatic rings. The number of rotatable bonds is 5. The van der Waals surface area contributed by atoms with Gasteiger partial charge in [0.2, 0.25) is 10.0 Å². The Bertz CT molecular complexity index is 684. The highest BCUT2D eigenvalue weighted by atomic mass is 79.9. The summed E-state index contributed by atoms with van der Waals surface area (Å²) >= 11 is 3.26. The average Bonchev–Trinajstić information content (AvgIpc) is 2.41. The Hall–Kier alpha value is -1.37. The Kier molecular flexibility index (Phi) is 4.80. The molecule has 0 bridgehead atoms. The molecule has 6 heteroatoms. The van der Waals surface area contributed by atoms with Gasteiger partial charge in [0.25, 0.3) is 0 Å². The van der Waals surface area contributed by atoms with Crippen molar-refractivity contribution in [3.05, 3.63) is 58.6 Å². The molecule has 0 saturated carbocycles. The highest BCUT2D eigenvalue weighted by Gasteiger charge is 2.13. The Morgan fingerprint density at radius 2 is 1.70 bits per heavy atom. The lowest BCUT2D eigenvalue weighted by molar-refractivity contribution is 0.467. The van der Waals surface area contributed by atoms with Crippen LogP contribution in [0.2, 0.25) is 0 Å². The summed E-state index contributed by atoms with van der Waals surface area (Å²) in [6, 6.07) is 13.3. The molecule has 20 heavy (non-hydrogen) atoms. The monoisotopic (exact) mass is 355 g/mol. The van der Waals surface area contributed by atoms with Crippen LogP contribution in [0.3, 0.4) is 0 Å². The van der Waals surface area contributed by atoms with Gasteiger partial charge in [-0.2, -0.15) is 0 Å². The van der Waals surface area contributed by atoms with Gasteiger partial charge in [-0.05, 0) is 42.3 Å².